The topological polar surface area (TPSA) is 29.3 Å². The smallest absolute Gasteiger partial charge is 0.0555 e. The minimum Gasteiger partial charge on any atom is -0.367 e. The molecule has 0 saturated heterocycles. The number of benzene rings is 2. The molecule has 2 N–H and O–H groups in total. The summed E-state index contributed by atoms with van der Waals surface area (Å²) < 4.78 is 0. The first-order valence-corrected chi connectivity index (χ1v) is 6.98. The molecule has 0 aliphatic carbocycles. The van der Waals surface area contributed by atoms with Gasteiger partial charge in [0.1, 0.15) is 0 Å². The van der Waals surface area contributed by atoms with E-state index in [1.54, 1.807) is 0 Å². The van der Waals surface area contributed by atoms with Crippen LogP contribution in [-0.4, -0.2) is 13.1 Å². The molecule has 3 rings (SSSR count). The van der Waals surface area contributed by atoms with Crippen molar-refractivity contribution >= 4 is 5.69 Å². The van der Waals surface area contributed by atoms with Crippen molar-refractivity contribution < 1.29 is 0 Å². The van der Waals surface area contributed by atoms with Crippen LogP contribution >= 0.6 is 0 Å². The van der Waals surface area contributed by atoms with E-state index < -0.39 is 0 Å². The van der Waals surface area contributed by atoms with Crippen LogP contribution in [0.1, 0.15) is 16.7 Å². The lowest BCUT2D eigenvalue weighted by atomic mass is 10.1. The Morgan fingerprint density at radius 2 is 1.85 bits per heavy atom. The largest absolute Gasteiger partial charge is 0.367 e. The van der Waals surface area contributed by atoms with Crippen LogP contribution < -0.4 is 10.6 Å². The molecule has 1 aliphatic rings. The molecule has 0 radical (unpaired) electrons. The van der Waals surface area contributed by atoms with E-state index in [1.807, 2.05) is 6.07 Å². The van der Waals surface area contributed by atoms with Crippen molar-refractivity contribution in [3.05, 3.63) is 65.2 Å². The second-order valence-electron chi connectivity index (χ2n) is 4.96. The number of hydrogen-bond acceptors (Lipinski definition) is 2. The lowest BCUT2D eigenvalue weighted by molar-refractivity contribution is 0.834. The predicted octanol–water partition coefficient (Wildman–Crippen LogP) is 2.56. The third kappa shape index (κ3) is 2.54. The highest BCUT2D eigenvalue weighted by atomic mass is 15.1. The summed E-state index contributed by atoms with van der Waals surface area (Å²) >= 11 is 0. The molecule has 2 aromatic rings. The van der Waals surface area contributed by atoms with Gasteiger partial charge in [-0.3, -0.25) is 0 Å². The Labute approximate surface area is 120 Å². The van der Waals surface area contributed by atoms with Gasteiger partial charge >= 0.3 is 0 Å². The molecule has 0 bridgehead atoms. The highest BCUT2D eigenvalue weighted by Gasteiger charge is 2.18. The first-order valence-electron chi connectivity index (χ1n) is 6.98. The molecule has 0 fully saturated rings. The highest BCUT2D eigenvalue weighted by molar-refractivity contribution is 5.58. The molecule has 0 amide bonds. The summed E-state index contributed by atoms with van der Waals surface area (Å²) in [6, 6.07) is 17.0. The molecular formula is C18H18N2. The van der Waals surface area contributed by atoms with E-state index in [4.69, 9.17) is 5.73 Å². The second-order valence-corrected chi connectivity index (χ2v) is 4.96. The average molecular weight is 262 g/mol. The Hall–Kier alpha value is -2.24. The molecule has 20 heavy (non-hydrogen) atoms. The van der Waals surface area contributed by atoms with Gasteiger partial charge in [0.15, 0.2) is 0 Å². The molecule has 2 nitrogen and oxygen atoms in total. The van der Waals surface area contributed by atoms with Crippen molar-refractivity contribution in [2.45, 2.75) is 13.0 Å². The summed E-state index contributed by atoms with van der Waals surface area (Å²) in [4.78, 5) is 2.43. The fourth-order valence-electron chi connectivity index (χ4n) is 2.70. The zero-order chi connectivity index (χ0) is 13.8. The summed E-state index contributed by atoms with van der Waals surface area (Å²) in [5.41, 5.74) is 10.6. The van der Waals surface area contributed by atoms with Crippen molar-refractivity contribution in [2.24, 2.45) is 5.73 Å². The molecule has 100 valence electrons. The van der Waals surface area contributed by atoms with Crippen LogP contribution in [0.4, 0.5) is 5.69 Å². The van der Waals surface area contributed by atoms with Crippen LogP contribution in [0.25, 0.3) is 0 Å². The van der Waals surface area contributed by atoms with Crippen molar-refractivity contribution in [1.29, 1.82) is 0 Å². The SMILES string of the molecule is NCC#Cc1ccccc1CN1CCc2ccccc21. The maximum absolute atomic E-state index is 5.47. The molecule has 0 atom stereocenters. The molecule has 2 heteroatoms. The molecule has 0 aromatic heterocycles. The molecule has 0 spiro atoms. The van der Waals surface area contributed by atoms with E-state index in [0.717, 1.165) is 25.1 Å². The van der Waals surface area contributed by atoms with E-state index in [1.165, 1.54) is 16.8 Å². The van der Waals surface area contributed by atoms with E-state index in [9.17, 15) is 0 Å². The van der Waals surface area contributed by atoms with Crippen LogP contribution in [-0.2, 0) is 13.0 Å². The van der Waals surface area contributed by atoms with Crippen LogP contribution in [0.3, 0.4) is 0 Å². The van der Waals surface area contributed by atoms with Crippen molar-refractivity contribution in [2.75, 3.05) is 18.0 Å². The van der Waals surface area contributed by atoms with Gasteiger partial charge in [0.05, 0.1) is 6.54 Å². The zero-order valence-electron chi connectivity index (χ0n) is 11.5. The van der Waals surface area contributed by atoms with Crippen LogP contribution in [0, 0.1) is 11.8 Å². The number of nitrogens with zero attached hydrogens (tertiary/aromatic N) is 1. The monoisotopic (exact) mass is 262 g/mol. The number of fused-ring (bicyclic) bond motifs is 1. The van der Waals surface area contributed by atoms with E-state index in [0.29, 0.717) is 6.54 Å². The van der Waals surface area contributed by atoms with Gasteiger partial charge in [-0.25, -0.2) is 0 Å². The molecular weight excluding hydrogens is 244 g/mol. The van der Waals surface area contributed by atoms with Crippen LogP contribution in [0.15, 0.2) is 48.5 Å². The summed E-state index contributed by atoms with van der Waals surface area (Å²) in [7, 11) is 0. The van der Waals surface area contributed by atoms with Crippen LogP contribution in [0.2, 0.25) is 0 Å². The molecule has 1 heterocycles. The van der Waals surface area contributed by atoms with E-state index >= 15 is 0 Å². The summed E-state index contributed by atoms with van der Waals surface area (Å²) in [5, 5.41) is 0. The van der Waals surface area contributed by atoms with E-state index in [-0.39, 0.29) is 0 Å². The van der Waals surface area contributed by atoms with Gasteiger partial charge in [-0.05, 0) is 29.7 Å². The molecule has 0 unspecified atom stereocenters. The summed E-state index contributed by atoms with van der Waals surface area (Å²) in [6.07, 6.45) is 1.13. The Balaban J connectivity index is 1.86. The Kier molecular flexibility index (Phi) is 3.71. The Bertz CT molecular complexity index is 664. The first kappa shape index (κ1) is 12.8. The molecule has 0 saturated carbocycles. The third-order valence-electron chi connectivity index (χ3n) is 3.69. The maximum Gasteiger partial charge on any atom is 0.0555 e. The number of hydrogen-bond donors (Lipinski definition) is 1. The van der Waals surface area contributed by atoms with Crippen molar-refractivity contribution in [3.63, 3.8) is 0 Å². The standard InChI is InChI=1S/C18H18N2/c19-12-5-9-15-6-1-2-8-17(15)14-20-13-11-16-7-3-4-10-18(16)20/h1-4,6-8,10H,11-14,19H2. The first-order chi connectivity index (χ1) is 9.88. The number of rotatable bonds is 2. The number of nitrogens with two attached hydrogens (primary N) is 1. The maximum atomic E-state index is 5.47. The second kappa shape index (κ2) is 5.81. The predicted molar refractivity (Wildman–Crippen MR) is 83.6 cm³/mol. The van der Waals surface area contributed by atoms with Crippen molar-refractivity contribution in [3.8, 4) is 11.8 Å². The Morgan fingerprint density at radius 3 is 2.75 bits per heavy atom. The molecule has 1 aliphatic heterocycles. The van der Waals surface area contributed by atoms with Gasteiger partial charge in [0.2, 0.25) is 0 Å². The number of anilines is 1. The molecule has 2 aromatic carbocycles. The van der Waals surface area contributed by atoms with Gasteiger partial charge in [0, 0.05) is 24.3 Å². The van der Waals surface area contributed by atoms with E-state index in [2.05, 4.69) is 59.2 Å². The minimum absolute atomic E-state index is 0.404. The zero-order valence-corrected chi connectivity index (χ0v) is 11.5. The summed E-state index contributed by atoms with van der Waals surface area (Å²) in [5.74, 6) is 6.12. The fourth-order valence-corrected chi connectivity index (χ4v) is 2.70. The van der Waals surface area contributed by atoms with Gasteiger partial charge in [0.25, 0.3) is 0 Å². The van der Waals surface area contributed by atoms with Gasteiger partial charge in [-0.15, -0.1) is 0 Å². The lowest BCUT2D eigenvalue weighted by Crippen LogP contribution is -2.20. The summed E-state index contributed by atoms with van der Waals surface area (Å²) in [6.45, 7) is 2.39. The number of para-hydroxylation sites is 1. The quantitative estimate of drug-likeness (QED) is 0.843. The van der Waals surface area contributed by atoms with Crippen molar-refractivity contribution in [1.82, 2.24) is 0 Å². The third-order valence-corrected chi connectivity index (χ3v) is 3.69. The minimum atomic E-state index is 0.404. The Morgan fingerprint density at radius 1 is 1.05 bits per heavy atom. The average Bonchev–Trinajstić information content (AvgIpc) is 2.90. The normalized spacial score (nSPS) is 12.8. The fraction of sp³-hybridized carbons (Fsp3) is 0.222. The van der Waals surface area contributed by atoms with Gasteiger partial charge in [-0.2, -0.15) is 0 Å². The van der Waals surface area contributed by atoms with Gasteiger partial charge < -0.3 is 10.6 Å². The van der Waals surface area contributed by atoms with Gasteiger partial charge in [-0.1, -0.05) is 48.2 Å². The highest BCUT2D eigenvalue weighted by Crippen LogP contribution is 2.29. The lowest BCUT2D eigenvalue weighted by Gasteiger charge is -2.20. The van der Waals surface area contributed by atoms with Crippen LogP contribution in [0.5, 0.6) is 0 Å².